The standard InChI is InChI=1S/C17H18N2O4/c1-11(16(21)18-9-5-8-15(20)23-2)13-10-12-6-3-4-7-14(12)19-17(13)22/h3-8,10-11H,9H2,1-2H3,(H,18,21)(H,19,22)/b8-5+. The van der Waals surface area contributed by atoms with Gasteiger partial charge in [0.1, 0.15) is 0 Å². The van der Waals surface area contributed by atoms with Crippen molar-refractivity contribution in [2.24, 2.45) is 0 Å². The van der Waals surface area contributed by atoms with Gasteiger partial charge in [-0.1, -0.05) is 24.3 Å². The number of carbonyl (C=O) groups is 2. The van der Waals surface area contributed by atoms with E-state index in [1.165, 1.54) is 19.3 Å². The fourth-order valence-electron chi connectivity index (χ4n) is 2.16. The summed E-state index contributed by atoms with van der Waals surface area (Å²) in [7, 11) is 1.28. The number of ether oxygens (including phenoxy) is 1. The highest BCUT2D eigenvalue weighted by Gasteiger charge is 2.18. The normalized spacial score (nSPS) is 12.3. The number of hydrogen-bond donors (Lipinski definition) is 2. The quantitative estimate of drug-likeness (QED) is 0.646. The second-order valence-corrected chi connectivity index (χ2v) is 5.03. The number of aromatic nitrogens is 1. The van der Waals surface area contributed by atoms with Crippen LogP contribution in [0.3, 0.4) is 0 Å². The lowest BCUT2D eigenvalue weighted by atomic mass is 10.00. The molecular weight excluding hydrogens is 296 g/mol. The van der Waals surface area contributed by atoms with Crippen molar-refractivity contribution < 1.29 is 14.3 Å². The minimum Gasteiger partial charge on any atom is -0.466 e. The molecule has 2 N–H and O–H groups in total. The van der Waals surface area contributed by atoms with Crippen LogP contribution >= 0.6 is 0 Å². The van der Waals surface area contributed by atoms with Gasteiger partial charge < -0.3 is 15.0 Å². The van der Waals surface area contributed by atoms with Crippen molar-refractivity contribution in [1.82, 2.24) is 10.3 Å². The van der Waals surface area contributed by atoms with Crippen LogP contribution in [0.4, 0.5) is 0 Å². The summed E-state index contributed by atoms with van der Waals surface area (Å²) >= 11 is 0. The molecule has 0 bridgehead atoms. The highest BCUT2D eigenvalue weighted by Crippen LogP contribution is 2.16. The van der Waals surface area contributed by atoms with Crippen LogP contribution in [0.2, 0.25) is 0 Å². The number of aromatic amines is 1. The smallest absolute Gasteiger partial charge is 0.330 e. The molecule has 1 amide bonds. The van der Waals surface area contributed by atoms with E-state index in [2.05, 4.69) is 15.0 Å². The first-order valence-corrected chi connectivity index (χ1v) is 7.17. The number of pyridine rings is 1. The molecule has 6 heteroatoms. The largest absolute Gasteiger partial charge is 0.466 e. The van der Waals surface area contributed by atoms with Gasteiger partial charge in [-0.25, -0.2) is 4.79 Å². The summed E-state index contributed by atoms with van der Waals surface area (Å²) in [4.78, 5) is 37.9. The average molecular weight is 314 g/mol. The van der Waals surface area contributed by atoms with E-state index in [4.69, 9.17) is 0 Å². The predicted molar refractivity (Wildman–Crippen MR) is 87.1 cm³/mol. The lowest BCUT2D eigenvalue weighted by Crippen LogP contribution is -2.31. The zero-order valence-corrected chi connectivity index (χ0v) is 13.0. The Morgan fingerprint density at radius 3 is 2.83 bits per heavy atom. The Labute approximate surface area is 133 Å². The lowest BCUT2D eigenvalue weighted by molar-refractivity contribution is -0.134. The van der Waals surface area contributed by atoms with E-state index in [0.717, 1.165) is 10.9 Å². The van der Waals surface area contributed by atoms with Crippen LogP contribution in [0.25, 0.3) is 10.9 Å². The van der Waals surface area contributed by atoms with Gasteiger partial charge in [-0.15, -0.1) is 0 Å². The van der Waals surface area contributed by atoms with E-state index < -0.39 is 11.9 Å². The molecule has 2 rings (SSSR count). The van der Waals surface area contributed by atoms with Gasteiger partial charge in [0.25, 0.3) is 5.56 Å². The molecule has 120 valence electrons. The van der Waals surface area contributed by atoms with Crippen LogP contribution in [0.1, 0.15) is 18.4 Å². The van der Waals surface area contributed by atoms with Crippen LogP contribution in [-0.4, -0.2) is 30.5 Å². The molecule has 0 saturated heterocycles. The lowest BCUT2D eigenvalue weighted by Gasteiger charge is -2.11. The van der Waals surface area contributed by atoms with E-state index in [1.807, 2.05) is 24.3 Å². The average Bonchev–Trinajstić information content (AvgIpc) is 2.56. The van der Waals surface area contributed by atoms with Crippen molar-refractivity contribution >= 4 is 22.8 Å². The number of para-hydroxylation sites is 1. The number of methoxy groups -OCH3 is 1. The SMILES string of the molecule is COC(=O)/C=C/CNC(=O)C(C)c1cc2ccccc2[nH]c1=O. The van der Waals surface area contributed by atoms with E-state index in [-0.39, 0.29) is 18.0 Å². The molecule has 0 fully saturated rings. The van der Waals surface area contributed by atoms with Crippen LogP contribution in [0.15, 0.2) is 47.3 Å². The van der Waals surface area contributed by atoms with Gasteiger partial charge >= 0.3 is 5.97 Å². The van der Waals surface area contributed by atoms with Crippen LogP contribution in [0, 0.1) is 0 Å². The van der Waals surface area contributed by atoms with Crippen LogP contribution in [0.5, 0.6) is 0 Å². The molecule has 1 aromatic carbocycles. The van der Waals surface area contributed by atoms with E-state index >= 15 is 0 Å². The van der Waals surface area contributed by atoms with E-state index in [0.29, 0.717) is 5.56 Å². The van der Waals surface area contributed by atoms with Gasteiger partial charge in [0.15, 0.2) is 0 Å². The molecule has 0 aliphatic carbocycles. The zero-order valence-electron chi connectivity index (χ0n) is 13.0. The maximum atomic E-state index is 12.1. The van der Waals surface area contributed by atoms with Crippen LogP contribution < -0.4 is 10.9 Å². The third kappa shape index (κ3) is 4.06. The van der Waals surface area contributed by atoms with Gasteiger partial charge in [-0.3, -0.25) is 9.59 Å². The zero-order chi connectivity index (χ0) is 16.8. The first kappa shape index (κ1) is 16.5. The van der Waals surface area contributed by atoms with Crippen molar-refractivity contribution in [2.75, 3.05) is 13.7 Å². The molecule has 1 heterocycles. The van der Waals surface area contributed by atoms with Gasteiger partial charge in [0.2, 0.25) is 5.91 Å². The van der Waals surface area contributed by atoms with Crippen molar-refractivity contribution in [2.45, 2.75) is 12.8 Å². The Morgan fingerprint density at radius 1 is 1.35 bits per heavy atom. The summed E-state index contributed by atoms with van der Waals surface area (Å²) < 4.78 is 4.45. The monoisotopic (exact) mass is 314 g/mol. The maximum Gasteiger partial charge on any atom is 0.330 e. The molecule has 0 saturated carbocycles. The summed E-state index contributed by atoms with van der Waals surface area (Å²) in [6.07, 6.45) is 2.72. The third-order valence-electron chi connectivity index (χ3n) is 3.49. The fraction of sp³-hybridized carbons (Fsp3) is 0.235. The number of esters is 1. The van der Waals surface area contributed by atoms with Gasteiger partial charge in [-0.05, 0) is 24.4 Å². The first-order valence-electron chi connectivity index (χ1n) is 7.17. The number of fused-ring (bicyclic) bond motifs is 1. The second-order valence-electron chi connectivity index (χ2n) is 5.03. The molecule has 0 aliphatic heterocycles. The molecule has 0 aliphatic rings. The van der Waals surface area contributed by atoms with Crippen molar-refractivity contribution in [3.8, 4) is 0 Å². The fourth-order valence-corrected chi connectivity index (χ4v) is 2.16. The highest BCUT2D eigenvalue weighted by molar-refractivity contribution is 5.86. The Balaban J connectivity index is 2.10. The van der Waals surface area contributed by atoms with E-state index in [9.17, 15) is 14.4 Å². The number of H-pyrrole nitrogens is 1. The second kappa shape index (κ2) is 7.40. The first-order chi connectivity index (χ1) is 11.0. The molecule has 2 aromatic rings. The number of benzene rings is 1. The minimum absolute atomic E-state index is 0.184. The summed E-state index contributed by atoms with van der Waals surface area (Å²) in [5.74, 6) is -1.38. The van der Waals surface area contributed by atoms with Crippen molar-refractivity contribution in [3.05, 3.63) is 58.4 Å². The number of carbonyl (C=O) groups excluding carboxylic acids is 2. The van der Waals surface area contributed by atoms with Gasteiger partial charge in [0, 0.05) is 23.7 Å². The highest BCUT2D eigenvalue weighted by atomic mass is 16.5. The van der Waals surface area contributed by atoms with Crippen LogP contribution in [-0.2, 0) is 14.3 Å². The Bertz CT molecular complexity index is 808. The molecule has 23 heavy (non-hydrogen) atoms. The molecule has 6 nitrogen and oxygen atoms in total. The molecule has 0 spiro atoms. The number of rotatable bonds is 5. The van der Waals surface area contributed by atoms with Crippen molar-refractivity contribution in [1.29, 1.82) is 0 Å². The topological polar surface area (TPSA) is 88.3 Å². The molecule has 0 radical (unpaired) electrons. The summed E-state index contributed by atoms with van der Waals surface area (Å²) in [5.41, 5.74) is 0.851. The Hall–Kier alpha value is -2.89. The molecule has 1 aromatic heterocycles. The van der Waals surface area contributed by atoms with Gasteiger partial charge in [-0.2, -0.15) is 0 Å². The third-order valence-corrected chi connectivity index (χ3v) is 3.49. The molecule has 1 unspecified atom stereocenters. The summed E-state index contributed by atoms with van der Waals surface area (Å²) in [6, 6.07) is 9.11. The minimum atomic E-state index is -0.602. The molecule has 1 atom stereocenters. The summed E-state index contributed by atoms with van der Waals surface area (Å²) in [6.45, 7) is 1.85. The van der Waals surface area contributed by atoms with E-state index in [1.54, 1.807) is 13.0 Å². The van der Waals surface area contributed by atoms with Gasteiger partial charge in [0.05, 0.1) is 13.0 Å². The number of amides is 1. The number of nitrogens with one attached hydrogen (secondary N) is 2. The van der Waals surface area contributed by atoms with Crippen molar-refractivity contribution in [3.63, 3.8) is 0 Å². The predicted octanol–water partition coefficient (Wildman–Crippen LogP) is 1.48. The Morgan fingerprint density at radius 2 is 2.09 bits per heavy atom. The number of hydrogen-bond acceptors (Lipinski definition) is 4. The molecular formula is C17H18N2O4. The summed E-state index contributed by atoms with van der Waals surface area (Å²) in [5, 5.41) is 3.52. The maximum absolute atomic E-state index is 12.1. The Kier molecular flexibility index (Phi) is 5.30.